The number of rotatable bonds is 22. The van der Waals surface area contributed by atoms with Crippen molar-refractivity contribution in [3.8, 4) is 12.3 Å². The average molecular weight is 403 g/mol. The minimum absolute atomic E-state index is 0.141. The van der Waals surface area contributed by atoms with Crippen LogP contribution in [-0.2, 0) is 33.2 Å². The van der Waals surface area contributed by atoms with E-state index in [0.29, 0.717) is 79.1 Å². The normalized spacial score (nSPS) is 10.7. The number of hydrogen-bond donors (Lipinski definition) is 0. The SMILES string of the molecule is C#CCOCCOCCOCCOCCOCCOC(=O)CCCCCCC. The Morgan fingerprint density at radius 2 is 1.14 bits per heavy atom. The summed E-state index contributed by atoms with van der Waals surface area (Å²) in [6.07, 6.45) is 11.2. The molecule has 0 saturated heterocycles. The molecule has 0 rings (SSSR count). The molecule has 28 heavy (non-hydrogen) atoms. The van der Waals surface area contributed by atoms with E-state index in [2.05, 4.69) is 12.8 Å². The van der Waals surface area contributed by atoms with Crippen molar-refractivity contribution in [3.05, 3.63) is 0 Å². The van der Waals surface area contributed by atoms with E-state index < -0.39 is 0 Å². The number of esters is 1. The van der Waals surface area contributed by atoms with E-state index in [0.717, 1.165) is 12.8 Å². The van der Waals surface area contributed by atoms with Crippen LogP contribution < -0.4 is 0 Å². The smallest absolute Gasteiger partial charge is 0.305 e. The van der Waals surface area contributed by atoms with Crippen molar-refractivity contribution in [3.63, 3.8) is 0 Å². The number of terminal acetylenes is 1. The molecule has 0 radical (unpaired) electrons. The Labute approximate surface area is 170 Å². The fraction of sp³-hybridized carbons (Fsp3) is 0.857. The molecule has 0 aromatic heterocycles. The summed E-state index contributed by atoms with van der Waals surface area (Å²) < 4.78 is 31.6. The minimum Gasteiger partial charge on any atom is -0.463 e. The maximum Gasteiger partial charge on any atom is 0.305 e. The van der Waals surface area contributed by atoms with Gasteiger partial charge >= 0.3 is 5.97 Å². The van der Waals surface area contributed by atoms with Crippen molar-refractivity contribution >= 4 is 5.97 Å². The molecule has 0 atom stereocenters. The Kier molecular flexibility index (Phi) is 22.9. The summed E-state index contributed by atoms with van der Waals surface area (Å²) in [4.78, 5) is 11.5. The molecule has 0 spiro atoms. The number of hydrogen-bond acceptors (Lipinski definition) is 7. The van der Waals surface area contributed by atoms with Crippen molar-refractivity contribution in [2.75, 3.05) is 72.7 Å². The molecule has 164 valence electrons. The fourth-order valence-electron chi connectivity index (χ4n) is 2.17. The first-order valence-electron chi connectivity index (χ1n) is 10.3. The van der Waals surface area contributed by atoms with Gasteiger partial charge in [0, 0.05) is 6.42 Å². The van der Waals surface area contributed by atoms with Gasteiger partial charge in [-0.3, -0.25) is 4.79 Å². The van der Waals surface area contributed by atoms with Crippen molar-refractivity contribution in [2.24, 2.45) is 0 Å². The van der Waals surface area contributed by atoms with Crippen molar-refractivity contribution in [1.82, 2.24) is 0 Å². The number of carbonyl (C=O) groups excluding carboxylic acids is 1. The average Bonchev–Trinajstić information content (AvgIpc) is 2.70. The highest BCUT2D eigenvalue weighted by molar-refractivity contribution is 5.69. The Balaban J connectivity index is 3.10. The molecular weight excluding hydrogens is 364 g/mol. The Bertz CT molecular complexity index is 368. The predicted molar refractivity (Wildman–Crippen MR) is 107 cm³/mol. The van der Waals surface area contributed by atoms with Crippen LogP contribution >= 0.6 is 0 Å². The summed E-state index contributed by atoms with van der Waals surface area (Å²) >= 11 is 0. The highest BCUT2D eigenvalue weighted by Crippen LogP contribution is 2.05. The van der Waals surface area contributed by atoms with E-state index in [1.807, 2.05) is 0 Å². The monoisotopic (exact) mass is 402 g/mol. The summed E-state index contributed by atoms with van der Waals surface area (Å²) in [6.45, 7) is 7.16. The molecule has 0 aromatic carbocycles. The third-order valence-electron chi connectivity index (χ3n) is 3.65. The predicted octanol–water partition coefficient (Wildman–Crippen LogP) is 2.61. The molecular formula is C21H38O7. The highest BCUT2D eigenvalue weighted by Gasteiger charge is 2.02. The van der Waals surface area contributed by atoms with E-state index >= 15 is 0 Å². The molecule has 0 heterocycles. The molecule has 0 saturated carbocycles. The van der Waals surface area contributed by atoms with Gasteiger partial charge in [0.15, 0.2) is 0 Å². The quantitative estimate of drug-likeness (QED) is 0.157. The molecule has 0 aromatic rings. The number of unbranched alkanes of at least 4 members (excludes halogenated alkanes) is 4. The molecule has 0 aliphatic rings. The molecule has 0 N–H and O–H groups in total. The van der Waals surface area contributed by atoms with E-state index in [4.69, 9.17) is 34.8 Å². The summed E-state index contributed by atoms with van der Waals surface area (Å²) in [6, 6.07) is 0. The second-order valence-corrected chi connectivity index (χ2v) is 6.09. The number of carbonyl (C=O) groups is 1. The maximum absolute atomic E-state index is 11.5. The van der Waals surface area contributed by atoms with E-state index in [-0.39, 0.29) is 5.97 Å². The molecule has 0 aliphatic heterocycles. The van der Waals surface area contributed by atoms with Crippen LogP contribution in [0.3, 0.4) is 0 Å². The highest BCUT2D eigenvalue weighted by atomic mass is 16.6. The zero-order chi connectivity index (χ0) is 20.5. The summed E-state index contributed by atoms with van der Waals surface area (Å²) in [5.41, 5.74) is 0. The zero-order valence-electron chi connectivity index (χ0n) is 17.5. The molecule has 7 heteroatoms. The largest absolute Gasteiger partial charge is 0.463 e. The minimum atomic E-state index is -0.141. The second-order valence-electron chi connectivity index (χ2n) is 6.09. The molecule has 0 unspecified atom stereocenters. The molecule has 0 aliphatic carbocycles. The van der Waals surface area contributed by atoms with Gasteiger partial charge < -0.3 is 28.4 Å². The van der Waals surface area contributed by atoms with Crippen LogP contribution in [0.15, 0.2) is 0 Å². The maximum atomic E-state index is 11.5. The van der Waals surface area contributed by atoms with Crippen LogP contribution in [0, 0.1) is 12.3 Å². The third kappa shape index (κ3) is 22.9. The van der Waals surface area contributed by atoms with Crippen LogP contribution in [0.2, 0.25) is 0 Å². The van der Waals surface area contributed by atoms with Gasteiger partial charge in [0.05, 0.1) is 59.5 Å². The standard InChI is InChI=1S/C21H38O7/c1-3-5-6-7-8-9-21(22)28-20-19-27-18-17-26-16-15-25-14-13-24-12-11-23-10-4-2/h2H,3,5-20H2,1H3. The topological polar surface area (TPSA) is 72.5 Å². The van der Waals surface area contributed by atoms with E-state index in [9.17, 15) is 4.79 Å². The van der Waals surface area contributed by atoms with Gasteiger partial charge in [0.25, 0.3) is 0 Å². The van der Waals surface area contributed by atoms with Crippen LogP contribution in [-0.4, -0.2) is 78.6 Å². The van der Waals surface area contributed by atoms with Gasteiger partial charge in [0.1, 0.15) is 13.2 Å². The lowest BCUT2D eigenvalue weighted by Crippen LogP contribution is -2.15. The number of ether oxygens (including phenoxy) is 6. The Morgan fingerprint density at radius 3 is 1.64 bits per heavy atom. The molecule has 0 fully saturated rings. The van der Waals surface area contributed by atoms with E-state index in [1.165, 1.54) is 19.3 Å². The van der Waals surface area contributed by atoms with Crippen molar-refractivity contribution in [1.29, 1.82) is 0 Å². The Morgan fingerprint density at radius 1 is 0.679 bits per heavy atom. The fourth-order valence-corrected chi connectivity index (χ4v) is 2.17. The first kappa shape index (κ1) is 26.8. The summed E-state index contributed by atoms with van der Waals surface area (Å²) in [5.74, 6) is 2.25. The van der Waals surface area contributed by atoms with Gasteiger partial charge in [-0.15, -0.1) is 6.42 Å². The molecule has 7 nitrogen and oxygen atoms in total. The lowest BCUT2D eigenvalue weighted by Gasteiger charge is -2.08. The van der Waals surface area contributed by atoms with Crippen LogP contribution in [0.5, 0.6) is 0 Å². The first-order chi connectivity index (χ1) is 13.8. The van der Waals surface area contributed by atoms with Gasteiger partial charge in [0.2, 0.25) is 0 Å². The summed E-state index contributed by atoms with van der Waals surface area (Å²) in [7, 11) is 0. The van der Waals surface area contributed by atoms with E-state index in [1.54, 1.807) is 0 Å². The van der Waals surface area contributed by atoms with Crippen LogP contribution in [0.1, 0.15) is 45.4 Å². The molecule has 0 bridgehead atoms. The van der Waals surface area contributed by atoms with Crippen molar-refractivity contribution < 1.29 is 33.2 Å². The van der Waals surface area contributed by atoms with Gasteiger partial charge in [-0.25, -0.2) is 0 Å². The first-order valence-corrected chi connectivity index (χ1v) is 10.3. The van der Waals surface area contributed by atoms with Gasteiger partial charge in [-0.1, -0.05) is 38.5 Å². The lowest BCUT2D eigenvalue weighted by molar-refractivity contribution is -0.145. The molecule has 0 amide bonds. The Hall–Kier alpha value is -1.17. The zero-order valence-corrected chi connectivity index (χ0v) is 17.5. The second kappa shape index (κ2) is 23.9. The van der Waals surface area contributed by atoms with Gasteiger partial charge in [-0.2, -0.15) is 0 Å². The van der Waals surface area contributed by atoms with Crippen LogP contribution in [0.4, 0.5) is 0 Å². The van der Waals surface area contributed by atoms with Crippen LogP contribution in [0.25, 0.3) is 0 Å². The third-order valence-corrected chi connectivity index (χ3v) is 3.65. The van der Waals surface area contributed by atoms with Crippen molar-refractivity contribution in [2.45, 2.75) is 45.4 Å². The lowest BCUT2D eigenvalue weighted by atomic mass is 10.1. The summed E-state index contributed by atoms with van der Waals surface area (Å²) in [5, 5.41) is 0. The van der Waals surface area contributed by atoms with Gasteiger partial charge in [-0.05, 0) is 6.42 Å².